The Labute approximate surface area is 162 Å². The van der Waals surface area contributed by atoms with Gasteiger partial charge in [-0.25, -0.2) is 0 Å². The number of ether oxygens (including phenoxy) is 4. The molecule has 1 aliphatic rings. The van der Waals surface area contributed by atoms with Crippen LogP contribution in [-0.2, 0) is 11.3 Å². The fourth-order valence-corrected chi connectivity index (χ4v) is 2.88. The molecule has 1 heterocycles. The molecule has 7 nitrogen and oxygen atoms in total. The average molecular weight is 393 g/mol. The van der Waals surface area contributed by atoms with Gasteiger partial charge in [0.15, 0.2) is 11.5 Å². The first-order chi connectivity index (χ1) is 13.1. The highest BCUT2D eigenvalue weighted by Gasteiger charge is 2.14. The summed E-state index contributed by atoms with van der Waals surface area (Å²) < 4.78 is 21.1. The number of carbonyl (C=O) groups is 1. The second kappa shape index (κ2) is 8.73. The number of methoxy groups -OCH3 is 2. The number of halogens is 1. The lowest BCUT2D eigenvalue weighted by atomic mass is 10.2. The number of anilines is 1. The number of benzene rings is 2. The Morgan fingerprint density at radius 1 is 1.11 bits per heavy atom. The van der Waals surface area contributed by atoms with E-state index in [0.717, 1.165) is 11.3 Å². The summed E-state index contributed by atoms with van der Waals surface area (Å²) in [5, 5.41) is 6.51. The molecular formula is C19H21ClN2O5. The minimum Gasteiger partial charge on any atom is -0.495 e. The maximum atomic E-state index is 12.1. The van der Waals surface area contributed by atoms with Crippen LogP contribution in [0.5, 0.6) is 23.0 Å². The van der Waals surface area contributed by atoms with Gasteiger partial charge in [0.05, 0.1) is 24.9 Å². The molecule has 0 spiro atoms. The van der Waals surface area contributed by atoms with Crippen LogP contribution < -0.4 is 29.6 Å². The number of nitrogens with one attached hydrogen (secondary N) is 2. The second-order valence-electron chi connectivity index (χ2n) is 5.83. The molecule has 144 valence electrons. The molecule has 8 heteroatoms. The molecule has 0 aromatic heterocycles. The summed E-state index contributed by atoms with van der Waals surface area (Å²) in [6.45, 7) is 1.09. The van der Waals surface area contributed by atoms with E-state index in [1.807, 2.05) is 18.2 Å². The lowest BCUT2D eigenvalue weighted by molar-refractivity contribution is -0.121. The molecule has 1 aliphatic heterocycles. The average Bonchev–Trinajstić information content (AvgIpc) is 3.15. The maximum absolute atomic E-state index is 12.1. The third-order valence-corrected chi connectivity index (χ3v) is 4.36. The minimum atomic E-state index is -0.0694. The Bertz CT molecular complexity index is 828. The largest absolute Gasteiger partial charge is 0.495 e. The van der Waals surface area contributed by atoms with Crippen LogP contribution in [0, 0.1) is 0 Å². The number of hydrogen-bond donors (Lipinski definition) is 2. The summed E-state index contributed by atoms with van der Waals surface area (Å²) in [5.74, 6) is 2.47. The van der Waals surface area contributed by atoms with Crippen molar-refractivity contribution in [2.75, 3.05) is 32.9 Å². The Balaban J connectivity index is 1.48. The molecular weight excluding hydrogens is 372 g/mol. The molecule has 2 N–H and O–H groups in total. The van der Waals surface area contributed by atoms with Gasteiger partial charge in [0.1, 0.15) is 11.5 Å². The highest BCUT2D eigenvalue weighted by Crippen LogP contribution is 2.36. The van der Waals surface area contributed by atoms with E-state index in [9.17, 15) is 4.79 Å². The first-order valence-corrected chi connectivity index (χ1v) is 8.79. The zero-order chi connectivity index (χ0) is 19.2. The van der Waals surface area contributed by atoms with Crippen LogP contribution in [0.15, 0.2) is 30.3 Å². The number of amides is 1. The Morgan fingerprint density at radius 3 is 2.67 bits per heavy atom. The second-order valence-corrected chi connectivity index (χ2v) is 6.24. The molecule has 0 unspecified atom stereocenters. The number of carbonyl (C=O) groups excluding carboxylic acids is 1. The van der Waals surface area contributed by atoms with E-state index in [1.165, 1.54) is 0 Å². The van der Waals surface area contributed by atoms with Gasteiger partial charge in [0.2, 0.25) is 12.7 Å². The van der Waals surface area contributed by atoms with Gasteiger partial charge in [-0.05, 0) is 17.7 Å². The molecule has 2 aromatic carbocycles. The highest BCUT2D eigenvalue weighted by atomic mass is 35.5. The number of fused-ring (bicyclic) bond motifs is 1. The van der Waals surface area contributed by atoms with Gasteiger partial charge < -0.3 is 29.6 Å². The molecule has 0 fully saturated rings. The summed E-state index contributed by atoms with van der Waals surface area (Å²) in [5.41, 5.74) is 1.66. The zero-order valence-corrected chi connectivity index (χ0v) is 15.9. The summed E-state index contributed by atoms with van der Waals surface area (Å²) in [6.07, 6.45) is 0.304. The van der Waals surface area contributed by atoms with Crippen LogP contribution >= 0.6 is 11.6 Å². The Hall–Kier alpha value is -2.80. The minimum absolute atomic E-state index is 0.0694. The normalized spacial score (nSPS) is 11.8. The lowest BCUT2D eigenvalue weighted by Gasteiger charge is -2.14. The molecule has 0 bridgehead atoms. The summed E-state index contributed by atoms with van der Waals surface area (Å²) in [4.78, 5) is 12.1. The number of rotatable bonds is 8. The van der Waals surface area contributed by atoms with E-state index in [-0.39, 0.29) is 12.7 Å². The standard InChI is InChI=1S/C19H21ClN2O5/c1-24-16-9-14(17(25-2)8-13(16)20)21-6-5-19(23)22-10-12-3-4-15-18(7-12)27-11-26-15/h3-4,7-9,21H,5-6,10-11H2,1-2H3,(H,22,23). The molecule has 0 saturated heterocycles. The lowest BCUT2D eigenvalue weighted by Crippen LogP contribution is -2.24. The van der Waals surface area contributed by atoms with E-state index in [2.05, 4.69) is 10.6 Å². The van der Waals surface area contributed by atoms with Gasteiger partial charge >= 0.3 is 0 Å². The molecule has 3 rings (SSSR count). The van der Waals surface area contributed by atoms with E-state index < -0.39 is 0 Å². The third kappa shape index (κ3) is 4.68. The Kier molecular flexibility index (Phi) is 6.13. The SMILES string of the molecule is COc1cc(NCCC(=O)NCc2ccc3c(c2)OCO3)c(OC)cc1Cl. The quantitative estimate of drug-likeness (QED) is 0.718. The van der Waals surface area contributed by atoms with Gasteiger partial charge in [-0.3, -0.25) is 4.79 Å². The van der Waals surface area contributed by atoms with Crippen LogP contribution in [0.25, 0.3) is 0 Å². The van der Waals surface area contributed by atoms with Crippen LogP contribution in [0.3, 0.4) is 0 Å². The first-order valence-electron chi connectivity index (χ1n) is 8.41. The molecule has 0 aliphatic carbocycles. The van der Waals surface area contributed by atoms with Crippen LogP contribution in [0.4, 0.5) is 5.69 Å². The molecule has 1 amide bonds. The third-order valence-electron chi connectivity index (χ3n) is 4.07. The molecule has 0 atom stereocenters. The predicted molar refractivity (Wildman–Crippen MR) is 102 cm³/mol. The van der Waals surface area contributed by atoms with Gasteiger partial charge in [-0.2, -0.15) is 0 Å². The van der Waals surface area contributed by atoms with Gasteiger partial charge in [0.25, 0.3) is 0 Å². The number of hydrogen-bond acceptors (Lipinski definition) is 6. The van der Waals surface area contributed by atoms with Crippen molar-refractivity contribution >= 4 is 23.2 Å². The van der Waals surface area contributed by atoms with Crippen molar-refractivity contribution in [1.82, 2.24) is 5.32 Å². The molecule has 27 heavy (non-hydrogen) atoms. The summed E-state index contributed by atoms with van der Waals surface area (Å²) in [7, 11) is 3.10. The van der Waals surface area contributed by atoms with E-state index in [4.69, 9.17) is 30.5 Å². The highest BCUT2D eigenvalue weighted by molar-refractivity contribution is 6.32. The molecule has 2 aromatic rings. The predicted octanol–water partition coefficient (Wildman–Crippen LogP) is 3.20. The summed E-state index contributed by atoms with van der Waals surface area (Å²) >= 11 is 6.09. The van der Waals surface area contributed by atoms with Gasteiger partial charge in [-0.1, -0.05) is 17.7 Å². The van der Waals surface area contributed by atoms with E-state index in [1.54, 1.807) is 26.4 Å². The van der Waals surface area contributed by atoms with Crippen LogP contribution in [0.2, 0.25) is 5.02 Å². The zero-order valence-electron chi connectivity index (χ0n) is 15.1. The van der Waals surface area contributed by atoms with Crippen molar-refractivity contribution in [3.63, 3.8) is 0 Å². The fourth-order valence-electron chi connectivity index (χ4n) is 2.65. The molecule has 0 saturated carbocycles. The van der Waals surface area contributed by atoms with Crippen LogP contribution in [-0.4, -0.2) is 33.5 Å². The monoisotopic (exact) mass is 392 g/mol. The fraction of sp³-hybridized carbons (Fsp3) is 0.316. The van der Waals surface area contributed by atoms with Crippen LogP contribution in [0.1, 0.15) is 12.0 Å². The van der Waals surface area contributed by atoms with E-state index >= 15 is 0 Å². The van der Waals surface area contributed by atoms with Gasteiger partial charge in [0, 0.05) is 31.6 Å². The van der Waals surface area contributed by atoms with Crippen molar-refractivity contribution in [2.24, 2.45) is 0 Å². The van der Waals surface area contributed by atoms with Crippen molar-refractivity contribution in [3.8, 4) is 23.0 Å². The van der Waals surface area contributed by atoms with Crippen molar-refractivity contribution in [2.45, 2.75) is 13.0 Å². The van der Waals surface area contributed by atoms with Gasteiger partial charge in [-0.15, -0.1) is 0 Å². The smallest absolute Gasteiger partial charge is 0.231 e. The van der Waals surface area contributed by atoms with Crippen molar-refractivity contribution < 1.29 is 23.7 Å². The van der Waals surface area contributed by atoms with E-state index in [0.29, 0.717) is 47.5 Å². The van der Waals surface area contributed by atoms with Crippen molar-refractivity contribution in [1.29, 1.82) is 0 Å². The van der Waals surface area contributed by atoms with Crippen molar-refractivity contribution in [3.05, 3.63) is 40.9 Å². The maximum Gasteiger partial charge on any atom is 0.231 e. The Morgan fingerprint density at radius 2 is 1.89 bits per heavy atom. The first kappa shape index (κ1) is 19.0. The summed E-state index contributed by atoms with van der Waals surface area (Å²) in [6, 6.07) is 9.02. The molecule has 0 radical (unpaired) electrons. The topological polar surface area (TPSA) is 78.1 Å².